The van der Waals surface area contributed by atoms with E-state index in [4.69, 9.17) is 38.4 Å². The Morgan fingerprint density at radius 2 is 0.939 bits per heavy atom. The minimum Gasteiger partial charge on any atom is -0.491 e. The molecule has 0 amide bonds. The van der Waals surface area contributed by atoms with Gasteiger partial charge in [0.1, 0.15) is 46.6 Å². The molecule has 7 rings (SSSR count). The van der Waals surface area contributed by atoms with E-state index in [2.05, 4.69) is 67.4 Å². The molecule has 0 saturated carbocycles. The molecule has 0 radical (unpaired) electrons. The molecule has 21 heteroatoms. The Hall–Kier alpha value is -6.04. The van der Waals surface area contributed by atoms with Crippen molar-refractivity contribution in [2.24, 2.45) is 0 Å². The Morgan fingerprint density at radius 1 is 0.500 bits per heavy atom. The minimum atomic E-state index is -0.645. The summed E-state index contributed by atoms with van der Waals surface area (Å²) in [7, 11) is 2.17. The average Bonchev–Trinajstić information content (AvgIpc) is 4.19. The summed E-state index contributed by atoms with van der Waals surface area (Å²) in [6.45, 7) is 28.1. The van der Waals surface area contributed by atoms with Crippen molar-refractivity contribution in [2.45, 2.75) is 85.5 Å². The van der Waals surface area contributed by atoms with Gasteiger partial charge in [0, 0.05) is 115 Å². The van der Waals surface area contributed by atoms with Crippen LogP contribution in [0, 0.1) is 0 Å². The van der Waals surface area contributed by atoms with Gasteiger partial charge in [-0.15, -0.1) is 0 Å². The Labute approximate surface area is 484 Å². The number of nitrogens with one attached hydrogen (secondary N) is 3. The van der Waals surface area contributed by atoms with Crippen LogP contribution in [0.2, 0.25) is 0 Å². The monoisotopic (exact) mass is 1140 g/mol. The molecule has 3 aromatic carbocycles. The predicted octanol–water partition coefficient (Wildman–Crippen LogP) is 5.73. The number of carbonyl (C=O) groups is 4. The fourth-order valence-electron chi connectivity index (χ4n) is 9.64. The number of ether oxygens (including phenoxy) is 6. The third kappa shape index (κ3) is 21.9. The first-order chi connectivity index (χ1) is 39.0. The predicted molar refractivity (Wildman–Crippen MR) is 319 cm³/mol. The lowest BCUT2D eigenvalue weighted by Gasteiger charge is -2.34. The number of benzene rings is 3. The highest BCUT2D eigenvalue weighted by molar-refractivity contribution is 5.87. The molecule has 2 aliphatic rings. The molecule has 0 aliphatic carbocycles. The highest BCUT2D eigenvalue weighted by Crippen LogP contribution is 2.29. The van der Waals surface area contributed by atoms with Crippen molar-refractivity contribution < 1.29 is 47.6 Å². The van der Waals surface area contributed by atoms with Crippen LogP contribution in [0.5, 0.6) is 5.75 Å². The van der Waals surface area contributed by atoms with Gasteiger partial charge in [-0.05, 0) is 130 Å². The van der Waals surface area contributed by atoms with Crippen LogP contribution in [0.4, 0.5) is 5.69 Å². The number of hydrogen-bond acceptors (Lipinski definition) is 19. The highest BCUT2D eigenvalue weighted by atomic mass is 16.6. The van der Waals surface area contributed by atoms with Crippen LogP contribution >= 0.6 is 0 Å². The molecule has 82 heavy (non-hydrogen) atoms. The van der Waals surface area contributed by atoms with Gasteiger partial charge in [0.25, 0.3) is 0 Å². The van der Waals surface area contributed by atoms with Gasteiger partial charge in [-0.2, -0.15) is 0 Å². The minimum absolute atomic E-state index is 0.0577. The quantitative estimate of drug-likeness (QED) is 0.0382. The molecule has 2 aliphatic heterocycles. The molecule has 5 aromatic rings. The molecule has 450 valence electrons. The zero-order valence-corrected chi connectivity index (χ0v) is 50.4. The van der Waals surface area contributed by atoms with Crippen LogP contribution in [0.3, 0.4) is 0 Å². The highest BCUT2D eigenvalue weighted by Gasteiger charge is 2.27. The summed E-state index contributed by atoms with van der Waals surface area (Å²) in [4.78, 5) is 82.3. The lowest BCUT2D eigenvalue weighted by Crippen LogP contribution is -2.50. The maximum Gasteiger partial charge on any atom is 0.320 e. The fourth-order valence-corrected chi connectivity index (χ4v) is 9.64. The van der Waals surface area contributed by atoms with Gasteiger partial charge < -0.3 is 53.5 Å². The zero-order chi connectivity index (χ0) is 58.9. The Kier molecular flexibility index (Phi) is 23.2. The van der Waals surface area contributed by atoms with E-state index in [1.54, 1.807) is 0 Å². The van der Waals surface area contributed by atoms with Crippen LogP contribution in [0.25, 0.3) is 44.8 Å². The molecule has 2 fully saturated rings. The summed E-state index contributed by atoms with van der Waals surface area (Å²) in [5, 5.41) is 3.31. The number of imidazole rings is 2. The molecule has 0 atom stereocenters. The summed E-state index contributed by atoms with van der Waals surface area (Å²) in [6, 6.07) is 20.5. The number of rotatable bonds is 24. The van der Waals surface area contributed by atoms with E-state index in [1.165, 1.54) is 5.69 Å². The van der Waals surface area contributed by atoms with Crippen LogP contribution < -0.4 is 15.0 Å². The summed E-state index contributed by atoms with van der Waals surface area (Å²) in [6.07, 6.45) is 0.329. The van der Waals surface area contributed by atoms with Crippen LogP contribution in [-0.2, 0) is 42.9 Å². The number of H-pyrrole nitrogens is 2. The van der Waals surface area contributed by atoms with Crippen molar-refractivity contribution in [1.29, 1.82) is 0 Å². The largest absolute Gasteiger partial charge is 0.491 e. The van der Waals surface area contributed by atoms with Gasteiger partial charge in [-0.3, -0.25) is 38.8 Å². The number of anilines is 1. The zero-order valence-electron chi connectivity index (χ0n) is 50.4. The molecule has 0 spiro atoms. The molecule has 2 aromatic heterocycles. The molecular formula is C61H91N11O10. The Morgan fingerprint density at radius 3 is 1.45 bits per heavy atom. The second kappa shape index (κ2) is 30.0. The second-order valence-electron chi connectivity index (χ2n) is 24.4. The topological polar surface area (TPSA) is 212 Å². The number of carbonyl (C=O) groups excluding carboxylic acids is 4. The SMILES string of the molecule is CN1CCN(c2ccc3nc(-c4ccc5nc(-c6ccc(OCCOCCOCCNCCC(=O)CN7CCN(CC(=O)OC(C)(C)C)CCN(CC(=O)OC(C)(C)C)CCN(CC(=O)OC(C)(C)C)CC7)cc6)[nH]c5c4)[nH]c3c2)CC1. The molecule has 21 nitrogen and oxygen atoms in total. The number of esters is 3. The van der Waals surface area contributed by atoms with Crippen molar-refractivity contribution in [3.8, 4) is 28.5 Å². The smallest absolute Gasteiger partial charge is 0.320 e. The third-order valence-corrected chi connectivity index (χ3v) is 13.7. The van der Waals surface area contributed by atoms with Gasteiger partial charge in [0.15, 0.2) is 0 Å². The molecule has 3 N–H and O–H groups in total. The number of piperazine rings is 1. The number of aromatic nitrogens is 4. The van der Waals surface area contributed by atoms with Gasteiger partial charge in [0.2, 0.25) is 0 Å². The van der Waals surface area contributed by atoms with Crippen LogP contribution in [0.15, 0.2) is 60.7 Å². The van der Waals surface area contributed by atoms with E-state index in [9.17, 15) is 19.2 Å². The van der Waals surface area contributed by atoms with Crippen LogP contribution in [-0.4, -0.2) is 243 Å². The molecule has 4 heterocycles. The molecule has 2 saturated heterocycles. The van der Waals surface area contributed by atoms with Crippen molar-refractivity contribution in [1.82, 2.24) is 49.8 Å². The number of likely N-dealkylation sites (N-methyl/N-ethyl adjacent to an activating group) is 1. The van der Waals surface area contributed by atoms with Crippen LogP contribution in [0.1, 0.15) is 68.7 Å². The van der Waals surface area contributed by atoms with Crippen molar-refractivity contribution >= 4 is 51.4 Å². The summed E-state index contributed by atoms with van der Waals surface area (Å²) < 4.78 is 34.5. The van der Waals surface area contributed by atoms with Crippen molar-refractivity contribution in [3.05, 3.63) is 60.7 Å². The van der Waals surface area contributed by atoms with E-state index >= 15 is 0 Å². The van der Waals surface area contributed by atoms with E-state index in [0.29, 0.717) is 105 Å². The first-order valence-corrected chi connectivity index (χ1v) is 29.1. The maximum atomic E-state index is 13.5. The standard InChI is InChI=1S/C61H91N11O10/c1-59(2,3)80-54(74)42-69-26-24-68(25-27-70(43-55(75)81-60(4,5)6)29-31-71(30-28-69)44-56(76)82-61(7,8)9)41-48(73)19-20-62-21-34-77-35-36-78-37-38-79-49-15-11-45(12-16-49)57-63-50-17-13-46(39-52(50)65-57)58-64-51-18-14-47(40-53(51)66-58)72-32-22-67(10)23-33-72/h11-18,39-40,62H,19-38,41-44H2,1-10H3,(H,63,65)(H,64,66). The number of Topliss-reactive ketones (excluding diaryl/α,β-unsaturated/α-hetero) is 1. The normalized spacial score (nSPS) is 16.5. The van der Waals surface area contributed by atoms with Gasteiger partial charge in [-0.1, -0.05) is 0 Å². The number of hydrogen-bond donors (Lipinski definition) is 3. The second-order valence-corrected chi connectivity index (χ2v) is 24.4. The maximum absolute atomic E-state index is 13.5. The molecular weight excluding hydrogens is 1050 g/mol. The van der Waals surface area contributed by atoms with Crippen molar-refractivity contribution in [2.75, 3.05) is 163 Å². The first kappa shape index (κ1) is 63.5. The molecule has 0 bridgehead atoms. The van der Waals surface area contributed by atoms with Crippen molar-refractivity contribution in [3.63, 3.8) is 0 Å². The Balaban J connectivity index is 0.793. The number of fused-ring (bicyclic) bond motifs is 2. The number of aromatic amines is 2. The third-order valence-electron chi connectivity index (χ3n) is 13.7. The summed E-state index contributed by atoms with van der Waals surface area (Å²) in [5.74, 6) is 1.37. The van der Waals surface area contributed by atoms with E-state index in [0.717, 1.165) is 76.8 Å². The lowest BCUT2D eigenvalue weighted by atomic mass is 10.2. The van der Waals surface area contributed by atoms with Gasteiger partial charge in [0.05, 0.1) is 74.7 Å². The first-order valence-electron chi connectivity index (χ1n) is 29.1. The van der Waals surface area contributed by atoms with E-state index in [1.807, 2.05) is 107 Å². The summed E-state index contributed by atoms with van der Waals surface area (Å²) in [5.41, 5.74) is 4.99. The van der Waals surface area contributed by atoms with Gasteiger partial charge in [-0.25, -0.2) is 9.97 Å². The number of nitrogens with zero attached hydrogens (tertiary/aromatic N) is 8. The fraction of sp³-hybridized carbons (Fsp3) is 0.607. The Bertz CT molecular complexity index is 2780. The summed E-state index contributed by atoms with van der Waals surface area (Å²) >= 11 is 0. The average molecular weight is 1140 g/mol. The lowest BCUT2D eigenvalue weighted by molar-refractivity contribution is -0.158. The molecule has 0 unspecified atom stereocenters. The van der Waals surface area contributed by atoms with E-state index < -0.39 is 16.8 Å². The van der Waals surface area contributed by atoms with E-state index in [-0.39, 0.29) is 49.9 Å². The number of ketones is 1. The van der Waals surface area contributed by atoms with Gasteiger partial charge >= 0.3 is 17.9 Å².